The normalized spacial score (nSPS) is 11.9. The number of rotatable bonds is 7. The standard InChI is InChI=1S/C23H23N5O/c1-17(22-16-27-28(18(22)2)20-7-4-3-5-8-20)26-15-19-9-11-21(12-10-19)29-23-24-13-6-14-25-23/h3-14,16-17,26H,15H2,1-2H3. The van der Waals surface area contributed by atoms with Crippen LogP contribution in [0.5, 0.6) is 11.8 Å². The Morgan fingerprint density at radius 1 is 0.966 bits per heavy atom. The molecule has 0 fully saturated rings. The Balaban J connectivity index is 1.37. The second kappa shape index (κ2) is 8.67. The molecule has 146 valence electrons. The van der Waals surface area contributed by atoms with Crippen LogP contribution < -0.4 is 10.1 Å². The van der Waals surface area contributed by atoms with Crippen molar-refractivity contribution in [3.8, 4) is 17.4 Å². The first-order valence-corrected chi connectivity index (χ1v) is 9.58. The number of para-hydroxylation sites is 1. The highest BCUT2D eigenvalue weighted by Crippen LogP contribution is 2.21. The number of nitrogens with one attached hydrogen (secondary N) is 1. The molecule has 6 heteroatoms. The van der Waals surface area contributed by atoms with Gasteiger partial charge in [-0.1, -0.05) is 30.3 Å². The summed E-state index contributed by atoms with van der Waals surface area (Å²) in [4.78, 5) is 8.14. The van der Waals surface area contributed by atoms with Gasteiger partial charge in [-0.25, -0.2) is 14.6 Å². The van der Waals surface area contributed by atoms with Crippen molar-refractivity contribution in [1.82, 2.24) is 25.1 Å². The number of aromatic nitrogens is 4. The lowest BCUT2D eigenvalue weighted by Gasteiger charge is -2.14. The Labute approximate surface area is 170 Å². The molecule has 0 aliphatic rings. The Morgan fingerprint density at radius 3 is 2.41 bits per heavy atom. The number of ether oxygens (including phenoxy) is 1. The molecular formula is C23H23N5O. The fourth-order valence-corrected chi connectivity index (χ4v) is 3.18. The topological polar surface area (TPSA) is 64.9 Å². The summed E-state index contributed by atoms with van der Waals surface area (Å²) < 4.78 is 7.61. The molecule has 1 atom stereocenters. The van der Waals surface area contributed by atoms with E-state index in [9.17, 15) is 0 Å². The maximum atomic E-state index is 5.64. The van der Waals surface area contributed by atoms with Gasteiger partial charge in [0.2, 0.25) is 0 Å². The summed E-state index contributed by atoms with van der Waals surface area (Å²) in [6, 6.07) is 20.4. The number of hydrogen-bond acceptors (Lipinski definition) is 5. The third kappa shape index (κ3) is 4.50. The molecule has 2 heterocycles. The third-order valence-corrected chi connectivity index (χ3v) is 4.80. The molecule has 0 spiro atoms. The van der Waals surface area contributed by atoms with Crippen LogP contribution in [0.25, 0.3) is 5.69 Å². The van der Waals surface area contributed by atoms with Crippen LogP contribution in [0.1, 0.15) is 29.8 Å². The van der Waals surface area contributed by atoms with Crippen molar-refractivity contribution < 1.29 is 4.74 Å². The van der Waals surface area contributed by atoms with Gasteiger partial charge >= 0.3 is 6.01 Å². The number of hydrogen-bond donors (Lipinski definition) is 1. The summed E-state index contributed by atoms with van der Waals surface area (Å²) in [5.41, 5.74) is 4.57. The van der Waals surface area contributed by atoms with Crippen LogP contribution >= 0.6 is 0 Å². The van der Waals surface area contributed by atoms with E-state index in [2.05, 4.69) is 46.4 Å². The van der Waals surface area contributed by atoms with Crippen LogP contribution in [0.3, 0.4) is 0 Å². The fraction of sp³-hybridized carbons (Fsp3) is 0.174. The average Bonchev–Trinajstić information content (AvgIpc) is 3.16. The molecular weight excluding hydrogens is 362 g/mol. The summed E-state index contributed by atoms with van der Waals surface area (Å²) in [6.07, 6.45) is 5.25. The van der Waals surface area contributed by atoms with E-state index in [-0.39, 0.29) is 6.04 Å². The first-order valence-electron chi connectivity index (χ1n) is 9.58. The molecule has 0 bridgehead atoms. The quantitative estimate of drug-likeness (QED) is 0.503. The van der Waals surface area contributed by atoms with Gasteiger partial charge in [-0.15, -0.1) is 0 Å². The molecule has 0 saturated heterocycles. The maximum absolute atomic E-state index is 5.64. The molecule has 1 unspecified atom stereocenters. The molecule has 0 saturated carbocycles. The molecule has 0 radical (unpaired) electrons. The first kappa shape index (κ1) is 18.8. The van der Waals surface area contributed by atoms with Crippen LogP contribution in [0.2, 0.25) is 0 Å². The van der Waals surface area contributed by atoms with Crippen molar-refractivity contribution in [3.63, 3.8) is 0 Å². The van der Waals surface area contributed by atoms with Gasteiger partial charge < -0.3 is 10.1 Å². The smallest absolute Gasteiger partial charge is 0.321 e. The van der Waals surface area contributed by atoms with Gasteiger partial charge in [0.1, 0.15) is 5.75 Å². The molecule has 6 nitrogen and oxygen atoms in total. The minimum Gasteiger partial charge on any atom is -0.424 e. The highest BCUT2D eigenvalue weighted by atomic mass is 16.5. The maximum Gasteiger partial charge on any atom is 0.321 e. The molecule has 4 rings (SSSR count). The van der Waals surface area contributed by atoms with Gasteiger partial charge in [-0.05, 0) is 49.7 Å². The van der Waals surface area contributed by atoms with Crippen LogP contribution in [0.15, 0.2) is 79.3 Å². The summed E-state index contributed by atoms with van der Waals surface area (Å²) in [5.74, 6) is 0.716. The van der Waals surface area contributed by atoms with E-state index >= 15 is 0 Å². The van der Waals surface area contributed by atoms with Crippen LogP contribution in [-0.2, 0) is 6.54 Å². The second-order valence-corrected chi connectivity index (χ2v) is 6.81. The Kier molecular flexibility index (Phi) is 5.63. The van der Waals surface area contributed by atoms with Crippen molar-refractivity contribution >= 4 is 0 Å². The lowest BCUT2D eigenvalue weighted by Crippen LogP contribution is -2.18. The summed E-state index contributed by atoms with van der Waals surface area (Å²) in [6.45, 7) is 5.01. The molecule has 1 N–H and O–H groups in total. The zero-order valence-electron chi connectivity index (χ0n) is 16.5. The lowest BCUT2D eigenvalue weighted by molar-refractivity contribution is 0.441. The van der Waals surface area contributed by atoms with Gasteiger partial charge in [0.05, 0.1) is 11.9 Å². The van der Waals surface area contributed by atoms with Crippen LogP contribution in [0, 0.1) is 6.92 Å². The summed E-state index contributed by atoms with van der Waals surface area (Å²) >= 11 is 0. The first-order chi connectivity index (χ1) is 14.2. The van der Waals surface area contributed by atoms with Crippen molar-refractivity contribution in [3.05, 3.63) is 96.1 Å². The van der Waals surface area contributed by atoms with E-state index in [1.165, 1.54) is 11.1 Å². The Bertz CT molecular complexity index is 1050. The fourth-order valence-electron chi connectivity index (χ4n) is 3.18. The summed E-state index contributed by atoms with van der Waals surface area (Å²) in [5, 5.41) is 8.13. The Hall–Kier alpha value is -3.51. The highest BCUT2D eigenvalue weighted by molar-refractivity contribution is 5.35. The van der Waals surface area contributed by atoms with Crippen molar-refractivity contribution in [2.45, 2.75) is 26.4 Å². The molecule has 0 aliphatic heterocycles. The molecule has 2 aromatic heterocycles. The molecule has 0 amide bonds. The van der Waals surface area contributed by atoms with E-state index < -0.39 is 0 Å². The number of benzene rings is 2. The van der Waals surface area contributed by atoms with Gasteiger partial charge in [-0.2, -0.15) is 5.10 Å². The van der Waals surface area contributed by atoms with Crippen molar-refractivity contribution in [2.75, 3.05) is 0 Å². The van der Waals surface area contributed by atoms with E-state index in [4.69, 9.17) is 4.74 Å². The van der Waals surface area contributed by atoms with Crippen LogP contribution in [-0.4, -0.2) is 19.7 Å². The minimum absolute atomic E-state index is 0.182. The monoisotopic (exact) mass is 385 g/mol. The molecule has 0 aliphatic carbocycles. The molecule has 2 aromatic carbocycles. The van der Waals surface area contributed by atoms with Gasteiger partial charge in [0.15, 0.2) is 0 Å². The van der Waals surface area contributed by atoms with Gasteiger partial charge in [0.25, 0.3) is 0 Å². The molecule has 4 aromatic rings. The van der Waals surface area contributed by atoms with Crippen molar-refractivity contribution in [2.24, 2.45) is 0 Å². The van der Waals surface area contributed by atoms with Gasteiger partial charge in [-0.3, -0.25) is 0 Å². The average molecular weight is 385 g/mol. The zero-order valence-corrected chi connectivity index (χ0v) is 16.5. The molecule has 29 heavy (non-hydrogen) atoms. The lowest BCUT2D eigenvalue weighted by atomic mass is 10.1. The third-order valence-electron chi connectivity index (χ3n) is 4.80. The van der Waals surface area contributed by atoms with E-state index in [0.29, 0.717) is 11.8 Å². The largest absolute Gasteiger partial charge is 0.424 e. The Morgan fingerprint density at radius 2 is 1.69 bits per heavy atom. The second-order valence-electron chi connectivity index (χ2n) is 6.81. The van der Waals surface area contributed by atoms with E-state index in [1.54, 1.807) is 18.5 Å². The SMILES string of the molecule is Cc1c(C(C)NCc2ccc(Oc3ncccn3)cc2)cnn1-c1ccccc1. The minimum atomic E-state index is 0.182. The summed E-state index contributed by atoms with van der Waals surface area (Å²) in [7, 11) is 0. The van der Waals surface area contributed by atoms with Gasteiger partial charge in [0, 0.05) is 36.2 Å². The predicted molar refractivity (Wildman–Crippen MR) is 112 cm³/mol. The number of nitrogens with zero attached hydrogens (tertiary/aromatic N) is 4. The predicted octanol–water partition coefficient (Wildman–Crippen LogP) is 4.61. The highest BCUT2D eigenvalue weighted by Gasteiger charge is 2.14. The zero-order chi connectivity index (χ0) is 20.1. The van der Waals surface area contributed by atoms with Crippen molar-refractivity contribution in [1.29, 1.82) is 0 Å². The van der Waals surface area contributed by atoms with E-state index in [1.807, 2.05) is 53.3 Å². The van der Waals surface area contributed by atoms with E-state index in [0.717, 1.165) is 17.9 Å². The van der Waals surface area contributed by atoms with Crippen LogP contribution in [0.4, 0.5) is 0 Å².